The van der Waals surface area contributed by atoms with Crippen LogP contribution in [-0.2, 0) is 0 Å². The fourth-order valence-electron chi connectivity index (χ4n) is 0. The van der Waals surface area contributed by atoms with E-state index in [1.165, 1.54) is 0 Å². The van der Waals surface area contributed by atoms with Gasteiger partial charge in [0.05, 0.1) is 0 Å². The standard InChI is InChI=1S/Al.ClH.2H2O/h;1H;2*1H2/q+3;;;/p-3. The van der Waals surface area contributed by atoms with Gasteiger partial charge in [0.1, 0.15) is 0 Å². The molecule has 0 amide bonds. The Bertz CT molecular complexity index is 6.00. The summed E-state index contributed by atoms with van der Waals surface area (Å²) in [5.74, 6) is 0. The number of hydrogen-bond acceptors (Lipinski definition) is 2. The molecule has 0 aromatic carbocycles. The topological polar surface area (TPSA) is 60.0 Å². The third kappa shape index (κ3) is 15.1. The maximum atomic E-state index is 4.56. The molecule has 0 unspecified atom stereocenters. The first kappa shape index (κ1) is 21.9. The Kier molecular flexibility index (Phi) is 279. The molecule has 0 aliphatic heterocycles. The van der Waals surface area contributed by atoms with Gasteiger partial charge in [0.15, 0.2) is 0 Å². The molecule has 0 rings (SSSR count). The van der Waals surface area contributed by atoms with E-state index < -0.39 is 0 Å². The van der Waals surface area contributed by atoms with Crippen molar-refractivity contribution in [3.8, 4) is 0 Å². The molecule has 0 spiro atoms. The fourth-order valence-corrected chi connectivity index (χ4v) is 0. The molecule has 0 radical (unpaired) electrons. The molecule has 0 saturated heterocycles. The van der Waals surface area contributed by atoms with E-state index in [1.807, 2.05) is 15.4 Å². The minimum atomic E-state index is 0. The number of halogens is 1. The summed E-state index contributed by atoms with van der Waals surface area (Å²) >= 11 is 1.89. The van der Waals surface area contributed by atoms with Gasteiger partial charge in [-0.25, -0.2) is 0 Å². The third-order valence-corrected chi connectivity index (χ3v) is 0. The van der Waals surface area contributed by atoms with Gasteiger partial charge < -0.3 is 11.0 Å². The van der Waals surface area contributed by atoms with Crippen molar-refractivity contribution in [1.29, 1.82) is 0 Å². The molecule has 0 fully saturated rings. The van der Waals surface area contributed by atoms with Gasteiger partial charge in [0.2, 0.25) is 0 Å². The Balaban J connectivity index is -0.00000000500. The van der Waals surface area contributed by atoms with Crippen molar-refractivity contribution in [2.45, 2.75) is 0 Å². The van der Waals surface area contributed by atoms with Crippen LogP contribution in [0.2, 0.25) is 0 Å². The van der Waals surface area contributed by atoms with Crippen LogP contribution in [0.25, 0.3) is 0 Å². The van der Waals surface area contributed by atoms with Crippen LogP contribution in [0.1, 0.15) is 0 Å². The minimum absolute atomic E-state index is 0. The van der Waals surface area contributed by atoms with Crippen molar-refractivity contribution < 1.29 is 11.0 Å². The first-order chi connectivity index (χ1) is 1.00. The van der Waals surface area contributed by atoms with Crippen molar-refractivity contribution in [1.82, 2.24) is 0 Å². The van der Waals surface area contributed by atoms with Crippen LogP contribution >= 0.6 is 10.0 Å². The predicted molar refractivity (Wildman–Crippen MR) is 15.5 cm³/mol. The van der Waals surface area contributed by atoms with E-state index in [0.29, 0.717) is 0 Å². The quantitative estimate of drug-likeness (QED) is 0.397. The van der Waals surface area contributed by atoms with E-state index in [2.05, 4.69) is 10.0 Å². The van der Waals surface area contributed by atoms with Crippen molar-refractivity contribution in [2.75, 3.05) is 0 Å². The van der Waals surface area contributed by atoms with Crippen LogP contribution in [0.15, 0.2) is 0 Å². The van der Waals surface area contributed by atoms with Gasteiger partial charge in [-0.3, -0.25) is 0 Å². The van der Waals surface area contributed by atoms with Crippen molar-refractivity contribution in [3.05, 3.63) is 0 Å². The molecule has 2 N–H and O–H groups in total. The zero-order chi connectivity index (χ0) is 2.00. The van der Waals surface area contributed by atoms with Crippen LogP contribution in [0, 0.1) is 0 Å². The second-order valence-electron chi connectivity index (χ2n) is 0. The number of rotatable bonds is 0. The number of hydrogen-bond donors (Lipinski definition) is 0. The van der Waals surface area contributed by atoms with Gasteiger partial charge in [0, 0.05) is 0 Å². The van der Waals surface area contributed by atoms with E-state index in [1.54, 1.807) is 0 Å². The summed E-state index contributed by atoms with van der Waals surface area (Å²) < 4.78 is 0. The van der Waals surface area contributed by atoms with E-state index in [9.17, 15) is 0 Å². The third-order valence-electron chi connectivity index (χ3n) is 0. The predicted octanol–water partition coefficient (Wildman–Crippen LogP) is -0.0449. The van der Waals surface area contributed by atoms with Crippen LogP contribution in [0.4, 0.5) is 0 Å². The molecular weight excluding hydrogens is 94.4 g/mol. The van der Waals surface area contributed by atoms with Gasteiger partial charge in [-0.2, -0.15) is 0 Å². The van der Waals surface area contributed by atoms with Crippen molar-refractivity contribution in [3.63, 3.8) is 0 Å². The first-order valence-electron chi connectivity index (χ1n) is 0.218. The second kappa shape index (κ2) is 51.1. The van der Waals surface area contributed by atoms with E-state index in [0.717, 1.165) is 0 Å². The molecular formula is H2AlClO2. The summed E-state index contributed by atoms with van der Waals surface area (Å²) in [5.41, 5.74) is 0. The zero-order valence-corrected chi connectivity index (χ0v) is 3.76. The molecule has 0 aromatic heterocycles. The summed E-state index contributed by atoms with van der Waals surface area (Å²) in [6.45, 7) is 0. The molecule has 0 saturated carbocycles. The van der Waals surface area contributed by atoms with Crippen molar-refractivity contribution >= 4 is 25.4 Å². The second-order valence-corrected chi connectivity index (χ2v) is 0. The summed E-state index contributed by atoms with van der Waals surface area (Å²) in [6.07, 6.45) is 0. The van der Waals surface area contributed by atoms with Gasteiger partial charge in [-0.1, -0.05) is 0 Å². The van der Waals surface area contributed by atoms with Crippen molar-refractivity contribution in [2.24, 2.45) is 0 Å². The molecule has 4 heteroatoms. The Morgan fingerprint density at radius 1 is 1.00 bits per heavy atom. The Hall–Kier alpha value is 0.742. The van der Waals surface area contributed by atoms with Crippen LogP contribution in [0.3, 0.4) is 0 Å². The van der Waals surface area contributed by atoms with Crippen LogP contribution in [-0.4, -0.2) is 26.3 Å². The molecule has 0 bridgehead atoms. The average Bonchev–Trinajstić information content (AvgIpc) is 1.00. The molecule has 24 valence electrons. The van der Waals surface area contributed by atoms with Gasteiger partial charge >= 0.3 is 25.4 Å². The molecule has 0 heterocycles. The average molecular weight is 96.4 g/mol. The normalized spacial score (nSPS) is 1.75. The molecule has 0 aromatic rings. The van der Waals surface area contributed by atoms with Gasteiger partial charge in [-0.15, -0.1) is 0 Å². The zero-order valence-electron chi connectivity index (χ0n) is 1.85. The maximum Gasteiger partial charge on any atom is -0.870 e. The molecule has 0 aliphatic rings. The Labute approximate surface area is 37.0 Å². The summed E-state index contributed by atoms with van der Waals surface area (Å²) in [5, 5.41) is 0. The van der Waals surface area contributed by atoms with E-state index in [4.69, 9.17) is 0 Å². The molecule has 2 nitrogen and oxygen atoms in total. The maximum absolute atomic E-state index is 4.56. The molecule has 4 heavy (non-hydrogen) atoms. The smallest absolute Gasteiger partial charge is 0.870 e. The molecule has 0 atom stereocenters. The summed E-state index contributed by atoms with van der Waals surface area (Å²) in [7, 11) is 4.56. The summed E-state index contributed by atoms with van der Waals surface area (Å²) in [6, 6.07) is 0. The first-order valence-corrected chi connectivity index (χ1v) is 1.96. The Morgan fingerprint density at radius 3 is 1.00 bits per heavy atom. The fraction of sp³-hybridized carbons (Fsp3) is 0. The molecule has 0 aliphatic carbocycles. The van der Waals surface area contributed by atoms with E-state index in [-0.39, 0.29) is 11.0 Å². The largest absolute Gasteiger partial charge is 0.870 e. The van der Waals surface area contributed by atoms with Gasteiger partial charge in [0.25, 0.3) is 0 Å². The van der Waals surface area contributed by atoms with Crippen LogP contribution in [0.5, 0.6) is 0 Å². The SMILES string of the molecule is [Al+2][Cl].[OH-].[OH-]. The van der Waals surface area contributed by atoms with Crippen LogP contribution < -0.4 is 0 Å². The van der Waals surface area contributed by atoms with Gasteiger partial charge in [-0.05, 0) is 0 Å². The monoisotopic (exact) mass is 96.0 g/mol. The summed E-state index contributed by atoms with van der Waals surface area (Å²) in [4.78, 5) is 0. The Morgan fingerprint density at radius 2 is 1.00 bits per heavy atom. The minimum Gasteiger partial charge on any atom is -0.870 e. The van der Waals surface area contributed by atoms with E-state index >= 15 is 0 Å².